The van der Waals surface area contributed by atoms with Crippen LogP contribution >= 0.6 is 15.9 Å². The van der Waals surface area contributed by atoms with Gasteiger partial charge in [0, 0.05) is 16.9 Å². The van der Waals surface area contributed by atoms with Crippen molar-refractivity contribution in [3.8, 4) is 6.07 Å². The number of nitrogens with zero attached hydrogens (tertiary/aromatic N) is 3. The predicted molar refractivity (Wildman–Crippen MR) is 71.1 cm³/mol. The first kappa shape index (κ1) is 13.0. The molecule has 7 heteroatoms. The lowest BCUT2D eigenvalue weighted by Gasteiger charge is -2.08. The van der Waals surface area contributed by atoms with E-state index >= 15 is 0 Å². The van der Waals surface area contributed by atoms with Gasteiger partial charge in [-0.05, 0) is 34.1 Å². The van der Waals surface area contributed by atoms with Crippen molar-refractivity contribution in [2.45, 2.75) is 0 Å². The molecule has 0 amide bonds. The van der Waals surface area contributed by atoms with Crippen LogP contribution in [0.25, 0.3) is 0 Å². The van der Waals surface area contributed by atoms with Gasteiger partial charge in [-0.15, -0.1) is 0 Å². The van der Waals surface area contributed by atoms with Gasteiger partial charge < -0.3 is 10.4 Å². The molecule has 6 nitrogen and oxygen atoms in total. The van der Waals surface area contributed by atoms with Crippen molar-refractivity contribution in [1.29, 1.82) is 5.26 Å². The summed E-state index contributed by atoms with van der Waals surface area (Å²) in [5.41, 5.74) is 0.927. The van der Waals surface area contributed by atoms with Gasteiger partial charge in [0.2, 0.25) is 0 Å². The monoisotopic (exact) mass is 318 g/mol. The zero-order valence-electron chi connectivity index (χ0n) is 9.46. The van der Waals surface area contributed by atoms with E-state index in [1.54, 1.807) is 6.07 Å². The lowest BCUT2D eigenvalue weighted by Crippen LogP contribution is -2.01. The molecule has 0 atom stereocenters. The molecular weight excluding hydrogens is 312 g/mol. The van der Waals surface area contributed by atoms with Crippen LogP contribution in [0.4, 0.5) is 11.5 Å². The van der Waals surface area contributed by atoms with Crippen LogP contribution in [0.1, 0.15) is 16.1 Å². The smallest absolute Gasteiger partial charge is 0.335 e. The summed E-state index contributed by atoms with van der Waals surface area (Å²) in [4.78, 5) is 18.7. The molecule has 1 heterocycles. The normalized spacial score (nSPS) is 9.68. The Morgan fingerprint density at radius 3 is 2.74 bits per heavy atom. The molecule has 0 spiro atoms. The number of hydrogen-bond donors (Lipinski definition) is 2. The standard InChI is InChI=1S/C12H7BrN4O2/c13-8-5-7(12(18)19)1-2-9(8)17-11-10(6-14)15-3-4-16-11/h1-5H,(H,16,17)(H,18,19). The van der Waals surface area contributed by atoms with E-state index in [1.807, 2.05) is 6.07 Å². The van der Waals surface area contributed by atoms with Gasteiger partial charge >= 0.3 is 5.97 Å². The Morgan fingerprint density at radius 2 is 2.11 bits per heavy atom. The third-order valence-electron chi connectivity index (χ3n) is 2.27. The minimum absolute atomic E-state index is 0.164. The number of carboxylic acid groups (broad SMARTS) is 1. The zero-order valence-corrected chi connectivity index (χ0v) is 11.0. The van der Waals surface area contributed by atoms with Crippen molar-refractivity contribution in [3.05, 3.63) is 46.3 Å². The van der Waals surface area contributed by atoms with E-state index in [9.17, 15) is 4.79 Å². The highest BCUT2D eigenvalue weighted by Gasteiger charge is 2.09. The number of aromatic carboxylic acids is 1. The summed E-state index contributed by atoms with van der Waals surface area (Å²) in [6.45, 7) is 0. The molecule has 1 aromatic heterocycles. The third-order valence-corrected chi connectivity index (χ3v) is 2.93. The lowest BCUT2D eigenvalue weighted by molar-refractivity contribution is 0.0697. The number of carbonyl (C=O) groups is 1. The third kappa shape index (κ3) is 2.86. The molecule has 0 aliphatic carbocycles. The molecule has 0 aliphatic heterocycles. The summed E-state index contributed by atoms with van der Waals surface area (Å²) in [6, 6.07) is 6.43. The molecule has 0 radical (unpaired) electrons. The van der Waals surface area contributed by atoms with Crippen LogP contribution < -0.4 is 5.32 Å². The highest BCUT2D eigenvalue weighted by Crippen LogP contribution is 2.26. The first-order valence-corrected chi connectivity index (χ1v) is 5.92. The number of benzene rings is 1. The fourth-order valence-electron chi connectivity index (χ4n) is 1.39. The number of hydrogen-bond acceptors (Lipinski definition) is 5. The molecule has 94 valence electrons. The Balaban J connectivity index is 2.34. The molecule has 2 rings (SSSR count). The van der Waals surface area contributed by atoms with Crippen molar-refractivity contribution in [1.82, 2.24) is 9.97 Å². The first-order chi connectivity index (χ1) is 9.11. The summed E-state index contributed by atoms with van der Waals surface area (Å²) >= 11 is 3.26. The van der Waals surface area contributed by atoms with E-state index in [0.29, 0.717) is 16.0 Å². The van der Waals surface area contributed by atoms with Crippen molar-refractivity contribution >= 4 is 33.4 Å². The zero-order chi connectivity index (χ0) is 13.8. The maximum atomic E-state index is 10.8. The Labute approximate surface area is 116 Å². The molecular formula is C12H7BrN4O2. The number of nitriles is 1. The summed E-state index contributed by atoms with van der Waals surface area (Å²) in [5.74, 6) is -0.696. The second-order valence-corrected chi connectivity index (χ2v) is 4.34. The van der Waals surface area contributed by atoms with Crippen LogP contribution in [0.2, 0.25) is 0 Å². The number of halogens is 1. The maximum Gasteiger partial charge on any atom is 0.335 e. The van der Waals surface area contributed by atoms with Gasteiger partial charge in [-0.2, -0.15) is 5.26 Å². The number of anilines is 2. The molecule has 0 saturated heterocycles. The minimum atomic E-state index is -1.01. The molecule has 19 heavy (non-hydrogen) atoms. The van der Waals surface area contributed by atoms with Crippen LogP contribution in [-0.4, -0.2) is 21.0 Å². The van der Waals surface area contributed by atoms with Gasteiger partial charge in [0.15, 0.2) is 11.5 Å². The average molecular weight is 319 g/mol. The average Bonchev–Trinajstić information content (AvgIpc) is 2.41. The van der Waals surface area contributed by atoms with E-state index in [1.165, 1.54) is 24.5 Å². The summed E-state index contributed by atoms with van der Waals surface area (Å²) < 4.78 is 0.557. The van der Waals surface area contributed by atoms with Gasteiger partial charge in [-0.25, -0.2) is 14.8 Å². The molecule has 0 fully saturated rings. The fourth-order valence-corrected chi connectivity index (χ4v) is 1.87. The summed E-state index contributed by atoms with van der Waals surface area (Å²) in [7, 11) is 0. The van der Waals surface area contributed by atoms with Gasteiger partial charge in [0.05, 0.1) is 11.3 Å². The Morgan fingerprint density at radius 1 is 1.37 bits per heavy atom. The fraction of sp³-hybridized carbons (Fsp3) is 0. The van der Waals surface area contributed by atoms with Crippen molar-refractivity contribution in [2.24, 2.45) is 0 Å². The van der Waals surface area contributed by atoms with Crippen LogP contribution in [-0.2, 0) is 0 Å². The Bertz CT molecular complexity index is 682. The van der Waals surface area contributed by atoms with Crippen LogP contribution in [0.5, 0.6) is 0 Å². The largest absolute Gasteiger partial charge is 0.478 e. The van der Waals surface area contributed by atoms with Gasteiger partial charge in [0.1, 0.15) is 6.07 Å². The second kappa shape index (κ2) is 5.46. The number of aromatic nitrogens is 2. The van der Waals surface area contributed by atoms with Gasteiger partial charge in [-0.3, -0.25) is 0 Å². The Kier molecular flexibility index (Phi) is 3.73. The highest BCUT2D eigenvalue weighted by atomic mass is 79.9. The van der Waals surface area contributed by atoms with E-state index in [2.05, 4.69) is 31.2 Å². The summed E-state index contributed by atoms with van der Waals surface area (Å²) in [5, 5.41) is 20.7. The van der Waals surface area contributed by atoms with Crippen LogP contribution in [0.3, 0.4) is 0 Å². The van der Waals surface area contributed by atoms with Crippen molar-refractivity contribution in [2.75, 3.05) is 5.32 Å². The quantitative estimate of drug-likeness (QED) is 0.902. The molecule has 1 aromatic carbocycles. The molecule has 0 bridgehead atoms. The summed E-state index contributed by atoms with van der Waals surface area (Å²) in [6.07, 6.45) is 2.88. The van der Waals surface area contributed by atoms with Gasteiger partial charge in [0.25, 0.3) is 0 Å². The van der Waals surface area contributed by atoms with Crippen LogP contribution in [0.15, 0.2) is 35.1 Å². The number of carboxylic acids is 1. The molecule has 2 aromatic rings. The van der Waals surface area contributed by atoms with E-state index < -0.39 is 5.97 Å². The Hall–Kier alpha value is -2.46. The van der Waals surface area contributed by atoms with Gasteiger partial charge in [-0.1, -0.05) is 0 Å². The van der Waals surface area contributed by atoms with Crippen molar-refractivity contribution < 1.29 is 9.90 Å². The molecule has 2 N–H and O–H groups in total. The second-order valence-electron chi connectivity index (χ2n) is 3.49. The van der Waals surface area contributed by atoms with E-state index in [4.69, 9.17) is 10.4 Å². The van der Waals surface area contributed by atoms with E-state index in [-0.39, 0.29) is 11.3 Å². The maximum absolute atomic E-state index is 10.8. The SMILES string of the molecule is N#Cc1nccnc1Nc1ccc(C(=O)O)cc1Br. The number of nitrogens with one attached hydrogen (secondary N) is 1. The van der Waals surface area contributed by atoms with Crippen LogP contribution in [0, 0.1) is 11.3 Å². The highest BCUT2D eigenvalue weighted by molar-refractivity contribution is 9.10. The molecule has 0 saturated carbocycles. The lowest BCUT2D eigenvalue weighted by atomic mass is 10.2. The predicted octanol–water partition coefficient (Wildman–Crippen LogP) is 2.55. The van der Waals surface area contributed by atoms with Crippen molar-refractivity contribution in [3.63, 3.8) is 0 Å². The van der Waals surface area contributed by atoms with E-state index in [0.717, 1.165) is 0 Å². The topological polar surface area (TPSA) is 98.9 Å². The first-order valence-electron chi connectivity index (χ1n) is 5.13. The number of rotatable bonds is 3. The molecule has 0 aliphatic rings. The minimum Gasteiger partial charge on any atom is -0.478 e. The molecule has 0 unspecified atom stereocenters.